The van der Waals surface area contributed by atoms with Crippen LogP contribution >= 0.6 is 0 Å². The molecule has 1 aromatic carbocycles. The van der Waals surface area contributed by atoms with Crippen molar-refractivity contribution in [1.82, 2.24) is 14.7 Å². The van der Waals surface area contributed by atoms with E-state index < -0.39 is 11.9 Å². The van der Waals surface area contributed by atoms with Crippen LogP contribution in [0.1, 0.15) is 36.8 Å². The quantitative estimate of drug-likeness (QED) is 0.838. The summed E-state index contributed by atoms with van der Waals surface area (Å²) in [5.74, 6) is -1.47. The first kappa shape index (κ1) is 18.8. The summed E-state index contributed by atoms with van der Waals surface area (Å²) in [5, 5.41) is 13.9. The van der Waals surface area contributed by atoms with E-state index in [-0.39, 0.29) is 11.4 Å². The number of benzene rings is 1. The summed E-state index contributed by atoms with van der Waals surface area (Å²) < 4.78 is 21.8. The zero-order chi connectivity index (χ0) is 20.0. The maximum absolute atomic E-state index is 13.7. The van der Waals surface area contributed by atoms with Crippen LogP contribution in [0, 0.1) is 11.7 Å². The molecule has 1 N–H and O–H groups in total. The first-order valence-corrected chi connectivity index (χ1v) is 10.4. The molecule has 29 heavy (non-hydrogen) atoms. The van der Waals surface area contributed by atoms with Crippen LogP contribution in [-0.2, 0) is 28.1 Å². The van der Waals surface area contributed by atoms with Crippen LogP contribution in [0.3, 0.4) is 0 Å². The Morgan fingerprint density at radius 1 is 1.31 bits per heavy atom. The second kappa shape index (κ2) is 7.22. The summed E-state index contributed by atoms with van der Waals surface area (Å²) in [6, 6.07) is 7.49. The van der Waals surface area contributed by atoms with Gasteiger partial charge in [0.05, 0.1) is 24.7 Å². The summed E-state index contributed by atoms with van der Waals surface area (Å²) in [6.07, 6.45) is 8.03. The summed E-state index contributed by atoms with van der Waals surface area (Å²) in [4.78, 5) is 14.3. The van der Waals surface area contributed by atoms with E-state index in [9.17, 15) is 14.3 Å². The van der Waals surface area contributed by atoms with Crippen molar-refractivity contribution in [1.29, 1.82) is 0 Å². The molecule has 1 aromatic heterocycles. The number of fused-ring (bicyclic) bond motifs is 4. The predicted molar refractivity (Wildman–Crippen MR) is 104 cm³/mol. The highest BCUT2D eigenvalue weighted by Crippen LogP contribution is 2.50. The van der Waals surface area contributed by atoms with Gasteiger partial charge in [0, 0.05) is 31.0 Å². The molecule has 2 aromatic rings. The van der Waals surface area contributed by atoms with Crippen LogP contribution < -0.4 is 0 Å². The van der Waals surface area contributed by atoms with E-state index in [1.807, 2.05) is 18.3 Å². The molecule has 2 fully saturated rings. The number of hydrogen-bond donors (Lipinski definition) is 1. The molecule has 0 radical (unpaired) electrons. The molecule has 3 unspecified atom stereocenters. The Morgan fingerprint density at radius 2 is 2.10 bits per heavy atom. The smallest absolute Gasteiger partial charge is 0.309 e. The molecule has 0 amide bonds. The zero-order valence-electron chi connectivity index (χ0n) is 16.3. The van der Waals surface area contributed by atoms with Gasteiger partial charge in [-0.3, -0.25) is 14.4 Å². The van der Waals surface area contributed by atoms with E-state index in [2.05, 4.69) is 10.00 Å². The number of aromatic nitrogens is 2. The van der Waals surface area contributed by atoms with Crippen molar-refractivity contribution in [3.63, 3.8) is 0 Å². The zero-order valence-corrected chi connectivity index (χ0v) is 16.3. The molecular weight excluding hydrogens is 373 g/mol. The average Bonchev–Trinajstić information content (AvgIpc) is 3.28. The van der Waals surface area contributed by atoms with Crippen molar-refractivity contribution in [2.75, 3.05) is 13.2 Å². The molecule has 3 aliphatic rings. The first-order chi connectivity index (χ1) is 14.0. The molecule has 1 spiro atoms. The summed E-state index contributed by atoms with van der Waals surface area (Å²) >= 11 is 0. The second-order valence-corrected chi connectivity index (χ2v) is 8.65. The second-order valence-electron chi connectivity index (χ2n) is 8.65. The van der Waals surface area contributed by atoms with Gasteiger partial charge in [-0.25, -0.2) is 4.39 Å². The van der Waals surface area contributed by atoms with Crippen molar-refractivity contribution in [2.45, 2.75) is 56.3 Å². The third kappa shape index (κ3) is 3.36. The molecular formula is C22H26FN3O3. The molecule has 0 aliphatic carbocycles. The number of carboxylic acid groups (broad SMARTS) is 1. The number of carbonyl (C=O) groups is 1. The number of nitrogens with zero attached hydrogens (tertiary/aromatic N) is 3. The van der Waals surface area contributed by atoms with Gasteiger partial charge >= 0.3 is 5.97 Å². The van der Waals surface area contributed by atoms with E-state index >= 15 is 0 Å². The Kier molecular flexibility index (Phi) is 4.67. The van der Waals surface area contributed by atoms with Gasteiger partial charge in [0.15, 0.2) is 0 Å². The van der Waals surface area contributed by atoms with Crippen LogP contribution in [0.5, 0.6) is 0 Å². The average molecular weight is 399 g/mol. The monoisotopic (exact) mass is 399 g/mol. The Labute approximate surface area is 169 Å². The van der Waals surface area contributed by atoms with E-state index in [1.54, 1.807) is 16.9 Å². The Morgan fingerprint density at radius 3 is 2.79 bits per heavy atom. The summed E-state index contributed by atoms with van der Waals surface area (Å²) in [5.41, 5.74) is 1.84. The Balaban J connectivity index is 1.36. The maximum atomic E-state index is 13.7. The Hall–Kier alpha value is -2.25. The van der Waals surface area contributed by atoms with Gasteiger partial charge in [-0.05, 0) is 61.4 Å². The third-order valence-corrected chi connectivity index (χ3v) is 6.96. The van der Waals surface area contributed by atoms with E-state index in [0.717, 1.165) is 43.2 Å². The molecule has 0 saturated carbocycles. The van der Waals surface area contributed by atoms with E-state index in [4.69, 9.17) is 4.74 Å². The lowest BCUT2D eigenvalue weighted by molar-refractivity contribution is -0.146. The molecule has 3 aliphatic heterocycles. The number of carboxylic acids is 1. The number of halogens is 1. The van der Waals surface area contributed by atoms with Crippen molar-refractivity contribution in [3.05, 3.63) is 53.6 Å². The van der Waals surface area contributed by atoms with Crippen LogP contribution in [0.15, 0.2) is 36.7 Å². The molecule has 4 heterocycles. The first-order valence-electron chi connectivity index (χ1n) is 10.4. The van der Waals surface area contributed by atoms with Crippen LogP contribution in [0.2, 0.25) is 0 Å². The highest BCUT2D eigenvalue weighted by Gasteiger charge is 2.52. The minimum atomic E-state index is -0.782. The molecule has 6 nitrogen and oxygen atoms in total. The number of aliphatic carboxylic acids is 1. The minimum absolute atomic E-state index is 0.191. The highest BCUT2D eigenvalue weighted by atomic mass is 19.1. The lowest BCUT2D eigenvalue weighted by Gasteiger charge is -2.49. The standard InChI is InChI=1S/C22H26FN3O3/c23-17-2-5-20-15(10-17)6-9-29-22(20)11-18-3-4-19(12-22)26(18)14-16(21(27)28)13-25-8-1-7-24-25/h1-2,5,7-8,10,16,18-19H,3-4,6,9,11-14H2,(H,27,28). The summed E-state index contributed by atoms with van der Waals surface area (Å²) in [6.45, 7) is 1.52. The maximum Gasteiger partial charge on any atom is 0.309 e. The van der Waals surface area contributed by atoms with Crippen LogP contribution in [-0.4, -0.2) is 51.0 Å². The van der Waals surface area contributed by atoms with Crippen molar-refractivity contribution in [3.8, 4) is 0 Å². The van der Waals surface area contributed by atoms with Crippen molar-refractivity contribution in [2.24, 2.45) is 5.92 Å². The van der Waals surface area contributed by atoms with Crippen LogP contribution in [0.4, 0.5) is 4.39 Å². The lowest BCUT2D eigenvalue weighted by Crippen LogP contribution is -2.54. The molecule has 154 valence electrons. The van der Waals surface area contributed by atoms with E-state index in [0.29, 0.717) is 31.8 Å². The SMILES string of the molecule is O=C(O)C(CN1C2CCC1CC1(C2)OCCc2cc(F)ccc21)Cn1cccn1. The lowest BCUT2D eigenvalue weighted by atomic mass is 9.76. The summed E-state index contributed by atoms with van der Waals surface area (Å²) in [7, 11) is 0. The number of ether oxygens (including phenoxy) is 1. The van der Waals surface area contributed by atoms with Gasteiger partial charge in [-0.1, -0.05) is 6.07 Å². The van der Waals surface area contributed by atoms with Gasteiger partial charge in [-0.15, -0.1) is 0 Å². The molecule has 2 saturated heterocycles. The Bertz CT molecular complexity index is 887. The molecule has 5 rings (SSSR count). The van der Waals surface area contributed by atoms with Crippen LogP contribution in [0.25, 0.3) is 0 Å². The largest absolute Gasteiger partial charge is 0.481 e. The van der Waals surface area contributed by atoms with Crippen molar-refractivity contribution < 1.29 is 19.0 Å². The molecule has 3 atom stereocenters. The molecule has 2 bridgehead atoms. The van der Waals surface area contributed by atoms with Gasteiger partial charge < -0.3 is 9.84 Å². The normalized spacial score (nSPS) is 29.7. The van der Waals surface area contributed by atoms with Gasteiger partial charge in [0.25, 0.3) is 0 Å². The van der Waals surface area contributed by atoms with Crippen molar-refractivity contribution >= 4 is 5.97 Å². The topological polar surface area (TPSA) is 67.6 Å². The third-order valence-electron chi connectivity index (χ3n) is 6.96. The minimum Gasteiger partial charge on any atom is -0.481 e. The molecule has 7 heteroatoms. The number of hydrogen-bond acceptors (Lipinski definition) is 4. The highest BCUT2D eigenvalue weighted by molar-refractivity contribution is 5.70. The predicted octanol–water partition coefficient (Wildman–Crippen LogP) is 2.82. The fourth-order valence-corrected chi connectivity index (χ4v) is 5.68. The number of rotatable bonds is 5. The fraction of sp³-hybridized carbons (Fsp3) is 0.545. The number of piperidine rings is 1. The van der Waals surface area contributed by atoms with Gasteiger partial charge in [0.2, 0.25) is 0 Å². The van der Waals surface area contributed by atoms with E-state index in [1.165, 1.54) is 6.07 Å². The van der Waals surface area contributed by atoms with Gasteiger partial charge in [0.1, 0.15) is 5.82 Å². The fourth-order valence-electron chi connectivity index (χ4n) is 5.68. The van der Waals surface area contributed by atoms with Gasteiger partial charge in [-0.2, -0.15) is 5.10 Å².